The van der Waals surface area contributed by atoms with Crippen LogP contribution in [0.4, 0.5) is 5.82 Å². The number of aryl methyl sites for hydroxylation is 1. The number of fused-ring (bicyclic) bond motifs is 1. The number of hydrogen-bond donors (Lipinski definition) is 0. The van der Waals surface area contributed by atoms with Crippen molar-refractivity contribution in [2.45, 2.75) is 52.6 Å². The van der Waals surface area contributed by atoms with Crippen LogP contribution in [-0.4, -0.2) is 55.5 Å². The second-order valence-corrected chi connectivity index (χ2v) is 10.0. The topological polar surface area (TPSA) is 84.2 Å². The van der Waals surface area contributed by atoms with Crippen LogP contribution >= 0.6 is 23.2 Å². The highest BCUT2D eigenvalue weighted by atomic mass is 35.5. The molecule has 0 radical (unpaired) electrons. The Morgan fingerprint density at radius 1 is 1.20 bits per heavy atom. The Kier molecular flexibility index (Phi) is 6.88. The molecule has 4 rings (SSSR count). The van der Waals surface area contributed by atoms with E-state index in [1.807, 2.05) is 45.6 Å². The van der Waals surface area contributed by atoms with E-state index in [0.29, 0.717) is 35.6 Å². The van der Waals surface area contributed by atoms with Gasteiger partial charge in [0.05, 0.1) is 21.8 Å². The predicted molar refractivity (Wildman–Crippen MR) is 140 cm³/mol. The first-order valence-electron chi connectivity index (χ1n) is 11.5. The van der Waals surface area contributed by atoms with E-state index in [0.717, 1.165) is 11.3 Å². The van der Waals surface area contributed by atoms with Crippen LogP contribution in [0.5, 0.6) is 0 Å². The number of nitrogens with zero attached hydrogens (tertiary/aromatic N) is 6. The quantitative estimate of drug-likeness (QED) is 0.375. The van der Waals surface area contributed by atoms with Crippen molar-refractivity contribution in [3.8, 4) is 5.69 Å². The molecule has 8 nitrogen and oxygen atoms in total. The summed E-state index contributed by atoms with van der Waals surface area (Å²) in [6.45, 7) is 14.5. The molecule has 0 bridgehead atoms. The molecule has 2 atom stereocenters. The highest BCUT2D eigenvalue weighted by Gasteiger charge is 2.34. The minimum atomic E-state index is -0.485. The molecule has 1 aliphatic rings. The van der Waals surface area contributed by atoms with Crippen LogP contribution in [0, 0.1) is 6.92 Å². The maximum atomic E-state index is 13.6. The fraction of sp³-hybridized carbons (Fsp3) is 0.400. The molecule has 1 amide bonds. The van der Waals surface area contributed by atoms with E-state index in [1.54, 1.807) is 17.2 Å². The third-order valence-electron chi connectivity index (χ3n) is 6.33. The van der Waals surface area contributed by atoms with Crippen molar-refractivity contribution in [1.82, 2.24) is 24.4 Å². The summed E-state index contributed by atoms with van der Waals surface area (Å²) in [6, 6.07) is 3.31. The second kappa shape index (κ2) is 9.59. The van der Waals surface area contributed by atoms with Gasteiger partial charge in [0.25, 0.3) is 0 Å². The zero-order chi connectivity index (χ0) is 25.6. The number of carbonyl (C=O) groups is 1. The normalized spacial score (nSPS) is 18.4. The summed E-state index contributed by atoms with van der Waals surface area (Å²) in [6.07, 6.45) is 3.05. The number of anilines is 1. The summed E-state index contributed by atoms with van der Waals surface area (Å²) in [5, 5.41) is 0.959. The monoisotopic (exact) mass is 514 g/mol. The molecule has 3 aromatic heterocycles. The number of piperazine rings is 1. The molecular weight excluding hydrogens is 487 g/mol. The van der Waals surface area contributed by atoms with E-state index in [4.69, 9.17) is 23.2 Å². The summed E-state index contributed by atoms with van der Waals surface area (Å²) in [5.74, 6) is 0.401. The molecule has 10 heteroatoms. The van der Waals surface area contributed by atoms with Gasteiger partial charge in [0.2, 0.25) is 5.91 Å². The highest BCUT2D eigenvalue weighted by molar-refractivity contribution is 6.41. The number of halogens is 2. The van der Waals surface area contributed by atoms with Crippen LogP contribution in [0.2, 0.25) is 10.2 Å². The molecule has 0 aliphatic carbocycles. The molecule has 1 fully saturated rings. The van der Waals surface area contributed by atoms with Gasteiger partial charge in [-0.25, -0.2) is 14.3 Å². The highest BCUT2D eigenvalue weighted by Crippen LogP contribution is 2.33. The van der Waals surface area contributed by atoms with E-state index in [-0.39, 0.29) is 34.1 Å². The molecular formula is C25H28Cl2N6O2. The fourth-order valence-corrected chi connectivity index (χ4v) is 5.13. The fourth-order valence-electron chi connectivity index (χ4n) is 4.85. The first-order valence-corrected chi connectivity index (χ1v) is 12.2. The van der Waals surface area contributed by atoms with Gasteiger partial charge in [-0.2, -0.15) is 4.98 Å². The predicted octanol–water partition coefficient (Wildman–Crippen LogP) is 4.53. The Hall–Kier alpha value is -2.97. The second-order valence-electron chi connectivity index (χ2n) is 9.25. The minimum Gasteiger partial charge on any atom is -0.352 e. The van der Waals surface area contributed by atoms with Gasteiger partial charge >= 0.3 is 5.69 Å². The van der Waals surface area contributed by atoms with Gasteiger partial charge < -0.3 is 9.80 Å². The van der Waals surface area contributed by atoms with E-state index < -0.39 is 5.69 Å². The lowest BCUT2D eigenvalue weighted by Gasteiger charge is -2.44. The summed E-state index contributed by atoms with van der Waals surface area (Å²) in [5.41, 5.74) is 2.15. The largest absolute Gasteiger partial charge is 0.355 e. The van der Waals surface area contributed by atoms with Crippen molar-refractivity contribution < 1.29 is 4.79 Å². The Bertz CT molecular complexity index is 1370. The molecule has 35 heavy (non-hydrogen) atoms. The average Bonchev–Trinajstić information content (AvgIpc) is 2.79. The molecule has 0 N–H and O–H groups in total. The lowest BCUT2D eigenvalue weighted by Crippen LogP contribution is -2.58. The van der Waals surface area contributed by atoms with Gasteiger partial charge in [0.15, 0.2) is 5.65 Å². The molecule has 0 aromatic carbocycles. The molecule has 3 aromatic rings. The first-order chi connectivity index (χ1) is 16.5. The van der Waals surface area contributed by atoms with E-state index in [1.165, 1.54) is 10.6 Å². The Labute approximate surface area is 214 Å². The van der Waals surface area contributed by atoms with E-state index in [2.05, 4.69) is 21.5 Å². The molecule has 1 aliphatic heterocycles. The molecule has 0 spiro atoms. The van der Waals surface area contributed by atoms with Gasteiger partial charge in [0.1, 0.15) is 11.0 Å². The standard InChI is InChI=1S/C25H28Cl2N6O2/c1-7-19(34)32-15(5)11-31(12-16(32)6)23-17-10-18(26)22(27)29-24(17)33(25(35)30-23)21-14(4)8-9-28-20(21)13(2)3/h7-10,13,15-16H,1,11-12H2,2-6H3/t15-,16+. The molecule has 0 saturated carbocycles. The van der Waals surface area contributed by atoms with Crippen molar-refractivity contribution in [2.24, 2.45) is 0 Å². The van der Waals surface area contributed by atoms with Gasteiger partial charge in [-0.05, 0) is 50.5 Å². The van der Waals surface area contributed by atoms with Crippen molar-refractivity contribution in [2.75, 3.05) is 18.0 Å². The Morgan fingerprint density at radius 2 is 1.86 bits per heavy atom. The molecule has 4 heterocycles. The van der Waals surface area contributed by atoms with Crippen molar-refractivity contribution in [1.29, 1.82) is 0 Å². The summed E-state index contributed by atoms with van der Waals surface area (Å²) in [4.78, 5) is 43.4. The van der Waals surface area contributed by atoms with Gasteiger partial charge in [0, 0.05) is 31.4 Å². The smallest absolute Gasteiger partial charge is 0.352 e. The number of rotatable bonds is 4. The maximum Gasteiger partial charge on any atom is 0.355 e. The zero-order valence-corrected chi connectivity index (χ0v) is 21.9. The van der Waals surface area contributed by atoms with Gasteiger partial charge in [-0.1, -0.05) is 43.6 Å². The van der Waals surface area contributed by atoms with Crippen molar-refractivity contribution >= 4 is 46.0 Å². The van der Waals surface area contributed by atoms with Crippen LogP contribution in [0.15, 0.2) is 35.8 Å². The Balaban J connectivity index is 1.96. The van der Waals surface area contributed by atoms with Crippen LogP contribution in [-0.2, 0) is 4.79 Å². The number of aromatic nitrogens is 4. The molecule has 1 saturated heterocycles. The number of hydrogen-bond acceptors (Lipinski definition) is 6. The van der Waals surface area contributed by atoms with Crippen LogP contribution in [0.1, 0.15) is 44.9 Å². The third kappa shape index (κ3) is 4.41. The molecule has 184 valence electrons. The maximum absolute atomic E-state index is 13.6. The van der Waals surface area contributed by atoms with Crippen LogP contribution in [0.25, 0.3) is 16.7 Å². The first kappa shape index (κ1) is 25.1. The van der Waals surface area contributed by atoms with Crippen molar-refractivity contribution in [3.63, 3.8) is 0 Å². The Morgan fingerprint density at radius 3 is 2.46 bits per heavy atom. The summed E-state index contributed by atoms with van der Waals surface area (Å²) < 4.78 is 1.48. The van der Waals surface area contributed by atoms with Crippen LogP contribution < -0.4 is 10.6 Å². The number of pyridine rings is 2. The van der Waals surface area contributed by atoms with Gasteiger partial charge in [-0.15, -0.1) is 0 Å². The average molecular weight is 515 g/mol. The summed E-state index contributed by atoms with van der Waals surface area (Å²) in [7, 11) is 0. The zero-order valence-electron chi connectivity index (χ0n) is 20.4. The number of carbonyl (C=O) groups excluding carboxylic acids is 1. The van der Waals surface area contributed by atoms with E-state index in [9.17, 15) is 9.59 Å². The lowest BCUT2D eigenvalue weighted by atomic mass is 10.0. The SMILES string of the molecule is C=CC(=O)N1[C@H](C)CN(c2nc(=O)n(-c3c(C)ccnc3C(C)C)c3nc(Cl)c(Cl)cc23)C[C@@H]1C. The third-order valence-corrected chi connectivity index (χ3v) is 7.00. The van der Waals surface area contributed by atoms with Gasteiger partial charge in [-0.3, -0.25) is 9.78 Å². The van der Waals surface area contributed by atoms with Crippen LogP contribution in [0.3, 0.4) is 0 Å². The van der Waals surface area contributed by atoms with Crippen molar-refractivity contribution in [3.05, 3.63) is 62.9 Å². The summed E-state index contributed by atoms with van der Waals surface area (Å²) >= 11 is 12.7. The molecule has 0 unspecified atom stereocenters. The lowest BCUT2D eigenvalue weighted by molar-refractivity contribution is -0.130. The van der Waals surface area contributed by atoms with E-state index >= 15 is 0 Å². The minimum absolute atomic E-state index is 0.0615. The number of amides is 1.